The predicted molar refractivity (Wildman–Crippen MR) is 132 cm³/mol. The summed E-state index contributed by atoms with van der Waals surface area (Å²) < 4.78 is 2.92. The molecule has 1 aromatic heterocycles. The number of nitrogens with zero attached hydrogens (tertiary/aromatic N) is 3. The van der Waals surface area contributed by atoms with Gasteiger partial charge in [0.15, 0.2) is 0 Å². The van der Waals surface area contributed by atoms with Crippen LogP contribution in [0.25, 0.3) is 5.69 Å². The van der Waals surface area contributed by atoms with Crippen LogP contribution in [0.2, 0.25) is 5.02 Å². The Kier molecular flexibility index (Phi) is 8.14. The first kappa shape index (κ1) is 25.0. The minimum Gasteiger partial charge on any atom is -0.390 e. The number of hydrogen-bond donors (Lipinski definition) is 3. The van der Waals surface area contributed by atoms with Gasteiger partial charge in [-0.15, -0.1) is 0 Å². The van der Waals surface area contributed by atoms with Gasteiger partial charge in [-0.25, -0.2) is 4.79 Å². The number of carbonyl (C=O) groups excluding carboxylic acids is 1. The molecule has 34 heavy (non-hydrogen) atoms. The van der Waals surface area contributed by atoms with Gasteiger partial charge in [0, 0.05) is 25.5 Å². The fourth-order valence-corrected chi connectivity index (χ4v) is 5.24. The molecule has 0 bridgehead atoms. The molecule has 2 heterocycles. The fraction of sp³-hybridized carbons (Fsp3) is 0.600. The number of halogens is 1. The average Bonchev–Trinajstić information content (AvgIpc) is 3.39. The van der Waals surface area contributed by atoms with Crippen molar-refractivity contribution in [2.45, 2.75) is 69.6 Å². The van der Waals surface area contributed by atoms with E-state index in [4.69, 9.17) is 11.6 Å². The summed E-state index contributed by atoms with van der Waals surface area (Å²) in [4.78, 5) is 28.0. The minimum atomic E-state index is -0.889. The maximum absolute atomic E-state index is 12.9. The zero-order valence-electron chi connectivity index (χ0n) is 19.6. The highest BCUT2D eigenvalue weighted by molar-refractivity contribution is 6.33. The average molecular weight is 491 g/mol. The molecule has 1 saturated heterocycles. The summed E-state index contributed by atoms with van der Waals surface area (Å²) in [6.07, 6.45) is 10.4. The first-order chi connectivity index (χ1) is 16.3. The van der Waals surface area contributed by atoms with Crippen LogP contribution in [0.1, 0.15) is 61.7 Å². The smallest absolute Gasteiger partial charge is 0.332 e. The molecule has 0 spiro atoms. The Morgan fingerprint density at radius 3 is 2.47 bits per heavy atom. The van der Waals surface area contributed by atoms with Gasteiger partial charge < -0.3 is 20.4 Å². The number of aliphatic hydroxyl groups is 2. The molecule has 1 unspecified atom stereocenters. The van der Waals surface area contributed by atoms with Crippen molar-refractivity contribution >= 4 is 17.5 Å². The Morgan fingerprint density at radius 2 is 1.76 bits per heavy atom. The molecule has 2 aromatic rings. The van der Waals surface area contributed by atoms with Gasteiger partial charge in [0.2, 0.25) is 0 Å². The van der Waals surface area contributed by atoms with Gasteiger partial charge in [-0.1, -0.05) is 37.3 Å². The second-order valence-electron chi connectivity index (χ2n) is 9.75. The van der Waals surface area contributed by atoms with Crippen molar-refractivity contribution in [3.63, 3.8) is 0 Å². The number of β-amino-alcohol motifs (C(OH)–C–C–N with tert-alkyl or cyclic N) is 1. The van der Waals surface area contributed by atoms with E-state index in [9.17, 15) is 19.8 Å². The van der Waals surface area contributed by atoms with E-state index in [1.54, 1.807) is 30.6 Å². The maximum atomic E-state index is 12.9. The lowest BCUT2D eigenvalue weighted by atomic mass is 9.94. The van der Waals surface area contributed by atoms with Crippen LogP contribution in [0.5, 0.6) is 0 Å². The molecule has 1 saturated carbocycles. The van der Waals surface area contributed by atoms with Crippen molar-refractivity contribution in [1.82, 2.24) is 19.4 Å². The summed E-state index contributed by atoms with van der Waals surface area (Å²) in [5.74, 6) is -0.377. The van der Waals surface area contributed by atoms with Crippen molar-refractivity contribution < 1.29 is 15.0 Å². The van der Waals surface area contributed by atoms with Gasteiger partial charge >= 0.3 is 5.69 Å². The molecule has 2 fully saturated rings. The number of likely N-dealkylation sites (tertiary alicyclic amines) is 1. The van der Waals surface area contributed by atoms with Crippen LogP contribution < -0.4 is 11.0 Å². The van der Waals surface area contributed by atoms with Crippen molar-refractivity contribution in [2.75, 3.05) is 26.2 Å². The lowest BCUT2D eigenvalue weighted by Gasteiger charge is -2.26. The molecule has 1 atom stereocenters. The molecular formula is C25H35ClN4O4. The van der Waals surface area contributed by atoms with Gasteiger partial charge in [0.05, 0.1) is 34.5 Å². The van der Waals surface area contributed by atoms with Gasteiger partial charge in [-0.3, -0.25) is 13.9 Å². The molecule has 4 rings (SSSR count). The van der Waals surface area contributed by atoms with Crippen molar-refractivity contribution in [3.8, 4) is 5.69 Å². The van der Waals surface area contributed by atoms with E-state index in [0.29, 0.717) is 25.1 Å². The van der Waals surface area contributed by atoms with E-state index in [1.807, 2.05) is 0 Å². The highest BCUT2D eigenvalue weighted by Gasteiger charge is 2.29. The van der Waals surface area contributed by atoms with Crippen molar-refractivity contribution in [3.05, 3.63) is 51.7 Å². The Hall–Kier alpha value is -2.13. The molecule has 2 aliphatic rings. The largest absolute Gasteiger partial charge is 0.390 e. The maximum Gasteiger partial charge on any atom is 0.332 e. The van der Waals surface area contributed by atoms with E-state index in [1.165, 1.54) is 9.13 Å². The highest BCUT2D eigenvalue weighted by Crippen LogP contribution is 2.27. The number of imidazole rings is 1. The highest BCUT2D eigenvalue weighted by atomic mass is 35.5. The van der Waals surface area contributed by atoms with Gasteiger partial charge in [-0.2, -0.15) is 0 Å². The zero-order valence-corrected chi connectivity index (χ0v) is 20.3. The molecule has 186 valence electrons. The molecular weight excluding hydrogens is 456 g/mol. The van der Waals surface area contributed by atoms with E-state index in [-0.39, 0.29) is 35.3 Å². The van der Waals surface area contributed by atoms with Crippen LogP contribution in [-0.4, -0.2) is 68.0 Å². The Bertz CT molecular complexity index is 1040. The molecule has 3 N–H and O–H groups in total. The number of rotatable bonds is 8. The molecule has 1 aromatic carbocycles. The number of amides is 1. The first-order valence-electron chi connectivity index (χ1n) is 12.3. The third-order valence-corrected chi connectivity index (χ3v) is 7.34. The molecule has 1 amide bonds. The summed E-state index contributed by atoms with van der Waals surface area (Å²) >= 11 is 6.30. The van der Waals surface area contributed by atoms with Crippen molar-refractivity contribution in [1.29, 1.82) is 0 Å². The van der Waals surface area contributed by atoms with Gasteiger partial charge in [0.1, 0.15) is 0 Å². The van der Waals surface area contributed by atoms with Gasteiger partial charge in [-0.05, 0) is 57.0 Å². The van der Waals surface area contributed by atoms with Gasteiger partial charge in [0.25, 0.3) is 5.91 Å². The second-order valence-corrected chi connectivity index (χ2v) is 10.2. The van der Waals surface area contributed by atoms with Crippen LogP contribution in [0.4, 0.5) is 0 Å². The molecule has 1 aliphatic carbocycles. The Balaban J connectivity index is 1.44. The summed E-state index contributed by atoms with van der Waals surface area (Å²) in [6, 6.07) is 4.86. The normalized spacial score (nSPS) is 19.6. The topological polar surface area (TPSA) is 99.7 Å². The minimum absolute atomic E-state index is 0.178. The lowest BCUT2D eigenvalue weighted by Crippen LogP contribution is -2.42. The van der Waals surface area contributed by atoms with Crippen LogP contribution in [0, 0.1) is 0 Å². The summed E-state index contributed by atoms with van der Waals surface area (Å²) in [5.41, 5.74) is -0.409. The summed E-state index contributed by atoms with van der Waals surface area (Å²) in [6.45, 7) is 2.91. The van der Waals surface area contributed by atoms with E-state index in [0.717, 1.165) is 51.6 Å². The number of carbonyl (C=O) groups is 1. The predicted octanol–water partition coefficient (Wildman–Crippen LogP) is 2.56. The zero-order chi connectivity index (χ0) is 24.1. The first-order valence-corrected chi connectivity index (χ1v) is 12.7. The summed E-state index contributed by atoms with van der Waals surface area (Å²) in [5, 5.41) is 24.4. The third-order valence-electron chi connectivity index (χ3n) is 7.01. The quantitative estimate of drug-likeness (QED) is 0.494. The number of aliphatic hydroxyl groups excluding tert-OH is 1. The monoisotopic (exact) mass is 490 g/mol. The Morgan fingerprint density at radius 1 is 1.06 bits per heavy atom. The van der Waals surface area contributed by atoms with Crippen molar-refractivity contribution in [2.24, 2.45) is 0 Å². The van der Waals surface area contributed by atoms with Crippen LogP contribution in [-0.2, 0) is 6.54 Å². The lowest BCUT2D eigenvalue weighted by molar-refractivity contribution is 0.0246. The molecule has 8 nitrogen and oxygen atoms in total. The van der Waals surface area contributed by atoms with Crippen LogP contribution >= 0.6 is 11.6 Å². The van der Waals surface area contributed by atoms with Crippen LogP contribution in [0.3, 0.4) is 0 Å². The fourth-order valence-electron chi connectivity index (χ4n) is 5.04. The van der Waals surface area contributed by atoms with E-state index in [2.05, 4.69) is 10.2 Å². The number of nitrogens with one attached hydrogen (secondary N) is 1. The number of benzene rings is 1. The number of aromatic nitrogens is 2. The second kappa shape index (κ2) is 11.1. The van der Waals surface area contributed by atoms with E-state index < -0.39 is 11.7 Å². The molecule has 0 radical (unpaired) electrons. The molecule has 9 heteroatoms. The third kappa shape index (κ3) is 6.10. The van der Waals surface area contributed by atoms with E-state index >= 15 is 0 Å². The standard InChI is InChI=1S/C25H35ClN4O4/c26-22-8-7-19(15-21(22)23(32)27-18-25(34)9-3-1-2-4-10-25)30-14-13-29(24(30)33)17-20(31)16-28-11-5-6-12-28/h7-8,13-15,20,31,34H,1-6,9-12,16-18H2,(H,27,32). The SMILES string of the molecule is O=C(NCC1(O)CCCCCC1)c1cc(-n2ccn(CC(O)CN3CCCC3)c2=O)ccc1Cl. The number of hydrogen-bond acceptors (Lipinski definition) is 5. The summed E-state index contributed by atoms with van der Waals surface area (Å²) in [7, 11) is 0. The molecule has 1 aliphatic heterocycles. The Labute approximate surface area is 205 Å². The van der Waals surface area contributed by atoms with Crippen LogP contribution in [0.15, 0.2) is 35.4 Å².